The number of halogens is 1. The molecule has 1 aromatic carbocycles. The number of hydrogen-bond donors (Lipinski definition) is 1. The van der Waals surface area contributed by atoms with Gasteiger partial charge in [0.05, 0.1) is 5.56 Å². The van der Waals surface area contributed by atoms with E-state index in [1.165, 1.54) is 0 Å². The van der Waals surface area contributed by atoms with E-state index in [-0.39, 0.29) is 0 Å². The third-order valence-electron chi connectivity index (χ3n) is 1.09. The molecule has 0 aliphatic rings. The van der Waals surface area contributed by atoms with Crippen LogP contribution in [0.4, 0.5) is 0 Å². The van der Waals surface area contributed by atoms with Gasteiger partial charge in [0.2, 0.25) is 0 Å². The second-order valence-electron chi connectivity index (χ2n) is 1.81. The average molecular weight is 278 g/mol. The van der Waals surface area contributed by atoms with Crippen LogP contribution in [0.15, 0.2) is 24.3 Å². The Hall–Kier alpha value is -0.580. The summed E-state index contributed by atoms with van der Waals surface area (Å²) < 4.78 is 1.04. The summed E-state index contributed by atoms with van der Waals surface area (Å²) in [5, 5.41) is 8.47. The minimum atomic E-state index is -0.878. The third-order valence-corrected chi connectivity index (χ3v) is 1.81. The Kier molecular flexibility index (Phi) is 5.70. The molecule has 3 heteroatoms. The van der Waals surface area contributed by atoms with Crippen molar-refractivity contribution in [3.8, 4) is 0 Å². The normalized spacial score (nSPS) is 8.25. The number of carboxylic acid groups (broad SMARTS) is 1. The Morgan fingerprint density at radius 1 is 1.25 bits per heavy atom. The highest BCUT2D eigenvalue weighted by Crippen LogP contribution is 2.05. The molecular weight excluding hydrogens is 267 g/mol. The third kappa shape index (κ3) is 3.71. The number of aromatic carboxylic acids is 1. The van der Waals surface area contributed by atoms with Gasteiger partial charge in [-0.25, -0.2) is 4.79 Å². The van der Waals surface area contributed by atoms with Crippen molar-refractivity contribution in [2.45, 2.75) is 13.8 Å². The SMILES string of the molecule is CC.O=C(O)c1ccc(I)cc1. The van der Waals surface area contributed by atoms with Gasteiger partial charge in [-0.15, -0.1) is 0 Å². The first-order valence-corrected chi connectivity index (χ1v) is 4.77. The lowest BCUT2D eigenvalue weighted by Crippen LogP contribution is -1.94. The molecule has 0 saturated heterocycles. The molecule has 0 heterocycles. The molecule has 0 atom stereocenters. The van der Waals surface area contributed by atoms with Crippen molar-refractivity contribution < 1.29 is 9.90 Å². The van der Waals surface area contributed by atoms with Gasteiger partial charge in [0, 0.05) is 3.57 Å². The second kappa shape index (κ2) is 5.99. The predicted octanol–water partition coefficient (Wildman–Crippen LogP) is 3.02. The van der Waals surface area contributed by atoms with E-state index < -0.39 is 5.97 Å². The van der Waals surface area contributed by atoms with E-state index in [4.69, 9.17) is 5.11 Å². The fourth-order valence-electron chi connectivity index (χ4n) is 0.592. The Morgan fingerprint density at radius 2 is 1.67 bits per heavy atom. The Balaban J connectivity index is 0.000000561. The summed E-state index contributed by atoms with van der Waals surface area (Å²) >= 11 is 2.13. The predicted molar refractivity (Wildman–Crippen MR) is 57.5 cm³/mol. The minimum Gasteiger partial charge on any atom is -0.478 e. The summed E-state index contributed by atoms with van der Waals surface area (Å²) in [4.78, 5) is 10.3. The van der Waals surface area contributed by atoms with Gasteiger partial charge < -0.3 is 5.11 Å². The fourth-order valence-corrected chi connectivity index (χ4v) is 0.952. The molecule has 0 bridgehead atoms. The highest BCUT2D eigenvalue weighted by Gasteiger charge is 1.98. The summed E-state index contributed by atoms with van der Waals surface area (Å²) in [7, 11) is 0. The summed E-state index contributed by atoms with van der Waals surface area (Å²) in [6.45, 7) is 4.00. The van der Waals surface area contributed by atoms with E-state index in [1.807, 2.05) is 13.8 Å². The van der Waals surface area contributed by atoms with Crippen LogP contribution in [0.1, 0.15) is 24.2 Å². The number of carboxylic acids is 1. The van der Waals surface area contributed by atoms with Gasteiger partial charge >= 0.3 is 5.97 Å². The highest BCUT2D eigenvalue weighted by atomic mass is 127. The van der Waals surface area contributed by atoms with Crippen molar-refractivity contribution in [2.75, 3.05) is 0 Å². The van der Waals surface area contributed by atoms with E-state index in [0.29, 0.717) is 5.56 Å². The van der Waals surface area contributed by atoms with Gasteiger partial charge in [-0.3, -0.25) is 0 Å². The molecule has 12 heavy (non-hydrogen) atoms. The van der Waals surface area contributed by atoms with E-state index in [2.05, 4.69) is 22.6 Å². The van der Waals surface area contributed by atoms with Crippen LogP contribution in [0.2, 0.25) is 0 Å². The maximum absolute atomic E-state index is 10.3. The molecule has 1 rings (SSSR count). The molecule has 1 aromatic rings. The molecule has 0 aliphatic carbocycles. The zero-order valence-corrected chi connectivity index (χ0v) is 9.20. The molecular formula is C9H11IO2. The van der Waals surface area contributed by atoms with E-state index in [9.17, 15) is 4.79 Å². The molecule has 66 valence electrons. The molecule has 1 N–H and O–H groups in total. The zero-order chi connectivity index (χ0) is 9.56. The second-order valence-corrected chi connectivity index (χ2v) is 3.06. The molecule has 2 nitrogen and oxygen atoms in total. The molecule has 0 unspecified atom stereocenters. The van der Waals surface area contributed by atoms with Crippen molar-refractivity contribution in [2.24, 2.45) is 0 Å². The Labute approximate surface area is 85.7 Å². The lowest BCUT2D eigenvalue weighted by atomic mass is 10.2. The van der Waals surface area contributed by atoms with Crippen molar-refractivity contribution in [3.63, 3.8) is 0 Å². The number of rotatable bonds is 1. The van der Waals surface area contributed by atoms with E-state index in [1.54, 1.807) is 24.3 Å². The highest BCUT2D eigenvalue weighted by molar-refractivity contribution is 14.1. The van der Waals surface area contributed by atoms with Crippen LogP contribution in [0.3, 0.4) is 0 Å². The molecule has 0 saturated carbocycles. The standard InChI is InChI=1S/C7H5IO2.C2H6/c8-6-3-1-5(2-4-6)7(9)10;1-2/h1-4H,(H,9,10);1-2H3. The van der Waals surface area contributed by atoms with Gasteiger partial charge in [-0.05, 0) is 46.9 Å². The van der Waals surface area contributed by atoms with E-state index in [0.717, 1.165) is 3.57 Å². The lowest BCUT2D eigenvalue weighted by Gasteiger charge is -1.91. The van der Waals surface area contributed by atoms with Crippen LogP contribution < -0.4 is 0 Å². The molecule has 0 fully saturated rings. The number of benzene rings is 1. The minimum absolute atomic E-state index is 0.334. The number of hydrogen-bond acceptors (Lipinski definition) is 1. The molecule has 0 aromatic heterocycles. The zero-order valence-electron chi connectivity index (χ0n) is 7.04. The number of carbonyl (C=O) groups is 1. The first-order chi connectivity index (χ1) is 5.70. The van der Waals surface area contributed by atoms with Crippen molar-refractivity contribution in [3.05, 3.63) is 33.4 Å². The van der Waals surface area contributed by atoms with Crippen LogP contribution in [0.25, 0.3) is 0 Å². The van der Waals surface area contributed by atoms with Gasteiger partial charge in [0.1, 0.15) is 0 Å². The van der Waals surface area contributed by atoms with Gasteiger partial charge in [0.15, 0.2) is 0 Å². The smallest absolute Gasteiger partial charge is 0.335 e. The Bertz CT molecular complexity index is 241. The van der Waals surface area contributed by atoms with Gasteiger partial charge in [-0.2, -0.15) is 0 Å². The van der Waals surface area contributed by atoms with Crippen molar-refractivity contribution >= 4 is 28.6 Å². The van der Waals surface area contributed by atoms with Crippen LogP contribution in [-0.2, 0) is 0 Å². The lowest BCUT2D eigenvalue weighted by molar-refractivity contribution is 0.0697. The first kappa shape index (κ1) is 11.4. The maximum atomic E-state index is 10.3. The summed E-state index contributed by atoms with van der Waals surface area (Å²) in [5.41, 5.74) is 0.334. The Morgan fingerprint density at radius 3 is 2.00 bits per heavy atom. The maximum Gasteiger partial charge on any atom is 0.335 e. The quantitative estimate of drug-likeness (QED) is 0.802. The average Bonchev–Trinajstić information content (AvgIpc) is 2.09. The van der Waals surface area contributed by atoms with Gasteiger partial charge in [-0.1, -0.05) is 13.8 Å². The van der Waals surface area contributed by atoms with Crippen molar-refractivity contribution in [1.29, 1.82) is 0 Å². The molecule has 0 radical (unpaired) electrons. The topological polar surface area (TPSA) is 37.3 Å². The van der Waals surface area contributed by atoms with Crippen LogP contribution in [-0.4, -0.2) is 11.1 Å². The largest absolute Gasteiger partial charge is 0.478 e. The van der Waals surface area contributed by atoms with Crippen LogP contribution in [0, 0.1) is 3.57 Å². The monoisotopic (exact) mass is 278 g/mol. The molecule has 0 aliphatic heterocycles. The summed E-state index contributed by atoms with van der Waals surface area (Å²) in [6.07, 6.45) is 0. The van der Waals surface area contributed by atoms with Crippen LogP contribution >= 0.6 is 22.6 Å². The van der Waals surface area contributed by atoms with Crippen LogP contribution in [0.5, 0.6) is 0 Å². The molecule has 0 spiro atoms. The summed E-state index contributed by atoms with van der Waals surface area (Å²) in [5.74, 6) is -0.878. The first-order valence-electron chi connectivity index (χ1n) is 3.69. The molecule has 0 amide bonds. The van der Waals surface area contributed by atoms with E-state index >= 15 is 0 Å². The van der Waals surface area contributed by atoms with Gasteiger partial charge in [0.25, 0.3) is 0 Å². The fraction of sp³-hybridized carbons (Fsp3) is 0.222. The summed E-state index contributed by atoms with van der Waals surface area (Å²) in [6, 6.07) is 6.71. The van der Waals surface area contributed by atoms with Crippen molar-refractivity contribution in [1.82, 2.24) is 0 Å².